The molecule has 1 heterocycles. The number of benzene rings is 1. The first-order chi connectivity index (χ1) is 9.58. The van der Waals surface area contributed by atoms with Gasteiger partial charge in [0.2, 0.25) is 0 Å². The first kappa shape index (κ1) is 13.8. The van der Waals surface area contributed by atoms with Gasteiger partial charge in [-0.25, -0.2) is 4.79 Å². The van der Waals surface area contributed by atoms with Crippen molar-refractivity contribution in [1.82, 2.24) is 4.98 Å². The lowest BCUT2D eigenvalue weighted by Gasteiger charge is -2.09. The maximum Gasteiger partial charge on any atom is 0.354 e. The normalized spacial score (nSPS) is 9.80. The molecule has 0 atom stereocenters. The van der Waals surface area contributed by atoms with Crippen molar-refractivity contribution >= 4 is 18.2 Å². The topological polar surface area (TPSA) is 86.1 Å². The van der Waals surface area contributed by atoms with Crippen molar-refractivity contribution in [2.24, 2.45) is 0 Å². The maximum atomic E-state index is 11.6. The van der Waals surface area contributed by atoms with Crippen molar-refractivity contribution in [3.05, 3.63) is 46.2 Å². The summed E-state index contributed by atoms with van der Waals surface area (Å²) >= 11 is 5.07. The van der Waals surface area contributed by atoms with Crippen LogP contribution in [0.15, 0.2) is 30.3 Å². The third-order valence-electron chi connectivity index (χ3n) is 2.74. The summed E-state index contributed by atoms with van der Waals surface area (Å²) in [5.74, 6) is -0.599. The fourth-order valence-electron chi connectivity index (χ4n) is 1.80. The van der Waals surface area contributed by atoms with Gasteiger partial charge in [0.15, 0.2) is 0 Å². The van der Waals surface area contributed by atoms with Gasteiger partial charge in [0.25, 0.3) is 0 Å². The van der Waals surface area contributed by atoms with Gasteiger partial charge in [0.05, 0.1) is 12.7 Å². The molecule has 0 fully saturated rings. The number of ether oxygens (including phenoxy) is 1. The smallest absolute Gasteiger partial charge is 0.354 e. The van der Waals surface area contributed by atoms with E-state index in [-0.39, 0.29) is 21.6 Å². The van der Waals surface area contributed by atoms with E-state index in [2.05, 4.69) is 9.72 Å². The number of phenolic OH excluding ortho intramolecular Hbond substituents is 1. The molecule has 0 bridgehead atoms. The monoisotopic (exact) mass is 286 g/mol. The van der Waals surface area contributed by atoms with Gasteiger partial charge < -0.3 is 14.8 Å². The Hall–Kier alpha value is -2.65. The van der Waals surface area contributed by atoms with Gasteiger partial charge in [-0.05, 0) is 12.1 Å². The summed E-state index contributed by atoms with van der Waals surface area (Å²) in [6.45, 7) is 0. The minimum absolute atomic E-state index is 0.000385. The van der Waals surface area contributed by atoms with E-state index in [1.165, 1.54) is 19.2 Å². The molecular weight excluding hydrogens is 276 g/mol. The molecule has 0 aliphatic heterocycles. The summed E-state index contributed by atoms with van der Waals surface area (Å²) in [4.78, 5) is 14.2. The van der Waals surface area contributed by atoms with E-state index in [9.17, 15) is 15.2 Å². The molecule has 0 saturated heterocycles. The number of carbonyl (C=O) groups is 1. The van der Waals surface area contributed by atoms with Crippen LogP contribution < -0.4 is 0 Å². The van der Waals surface area contributed by atoms with Crippen LogP contribution in [0.3, 0.4) is 0 Å². The van der Waals surface area contributed by atoms with E-state index in [4.69, 9.17) is 12.2 Å². The highest BCUT2D eigenvalue weighted by atomic mass is 32.1. The fourth-order valence-corrected chi connectivity index (χ4v) is 2.07. The number of nitrogens with zero attached hydrogens (tertiary/aromatic N) is 1. The van der Waals surface area contributed by atoms with Gasteiger partial charge in [-0.3, -0.25) is 0 Å². The molecule has 1 aromatic heterocycles. The average molecular weight is 286 g/mol. The Morgan fingerprint density at radius 1 is 1.40 bits per heavy atom. The van der Waals surface area contributed by atoms with Crippen LogP contribution in [-0.2, 0) is 4.74 Å². The molecule has 2 aromatic rings. The lowest BCUT2D eigenvalue weighted by molar-refractivity contribution is 0.0594. The molecule has 0 unspecified atom stereocenters. The predicted octanol–water partition coefficient (Wildman–Crippen LogP) is 2.78. The minimum atomic E-state index is -0.600. The largest absolute Gasteiger partial charge is 0.507 e. The van der Waals surface area contributed by atoms with Crippen molar-refractivity contribution < 1.29 is 14.6 Å². The van der Waals surface area contributed by atoms with Crippen molar-refractivity contribution in [3.63, 3.8) is 0 Å². The molecule has 6 heteroatoms. The Morgan fingerprint density at radius 3 is 2.70 bits per heavy atom. The molecule has 20 heavy (non-hydrogen) atoms. The van der Waals surface area contributed by atoms with Crippen LogP contribution in [0.5, 0.6) is 5.75 Å². The summed E-state index contributed by atoms with van der Waals surface area (Å²) in [5.41, 5.74) is 1.12. The molecule has 1 aromatic carbocycles. The number of aromatic amines is 1. The zero-order chi connectivity index (χ0) is 14.7. The Bertz CT molecular complexity index is 775. The second kappa shape index (κ2) is 5.55. The summed E-state index contributed by atoms with van der Waals surface area (Å²) in [6.07, 6.45) is 0. The first-order valence-electron chi connectivity index (χ1n) is 5.62. The lowest BCUT2D eigenvalue weighted by atomic mass is 10.0. The van der Waals surface area contributed by atoms with Gasteiger partial charge in [-0.15, -0.1) is 0 Å². The molecule has 2 N–H and O–H groups in total. The Labute approximate surface area is 120 Å². The standard InChI is InChI=1S/C14H10N2O3S/c1-19-14(18)11-6-9(10(7-15)13(20)16-11)8-4-2-3-5-12(8)17/h2-6,17H,1H3,(H,16,20). The lowest BCUT2D eigenvalue weighted by Crippen LogP contribution is -2.06. The Balaban J connectivity index is 2.78. The molecule has 0 saturated carbocycles. The van der Waals surface area contributed by atoms with E-state index in [0.29, 0.717) is 11.1 Å². The van der Waals surface area contributed by atoms with Crippen molar-refractivity contribution in [2.75, 3.05) is 7.11 Å². The van der Waals surface area contributed by atoms with E-state index in [1.807, 2.05) is 6.07 Å². The highest BCUT2D eigenvalue weighted by Crippen LogP contribution is 2.31. The number of H-pyrrole nitrogens is 1. The number of aromatic nitrogens is 1. The fraction of sp³-hybridized carbons (Fsp3) is 0.0714. The number of carbonyl (C=O) groups excluding carboxylic acids is 1. The van der Waals surface area contributed by atoms with Gasteiger partial charge >= 0.3 is 5.97 Å². The van der Waals surface area contributed by atoms with Crippen LogP contribution in [-0.4, -0.2) is 23.2 Å². The van der Waals surface area contributed by atoms with E-state index >= 15 is 0 Å². The van der Waals surface area contributed by atoms with Crippen molar-refractivity contribution in [2.45, 2.75) is 0 Å². The van der Waals surface area contributed by atoms with E-state index < -0.39 is 5.97 Å². The summed E-state index contributed by atoms with van der Waals surface area (Å²) in [7, 11) is 1.25. The Kier molecular flexibility index (Phi) is 3.82. The molecule has 0 aliphatic carbocycles. The highest BCUT2D eigenvalue weighted by Gasteiger charge is 2.15. The van der Waals surface area contributed by atoms with E-state index in [1.54, 1.807) is 18.2 Å². The van der Waals surface area contributed by atoms with Crippen LogP contribution in [0, 0.1) is 16.0 Å². The first-order valence-corrected chi connectivity index (χ1v) is 6.03. The number of nitrogens with one attached hydrogen (secondary N) is 1. The molecule has 0 radical (unpaired) electrons. The Morgan fingerprint density at radius 2 is 2.10 bits per heavy atom. The van der Waals surface area contributed by atoms with Gasteiger partial charge in [0.1, 0.15) is 22.2 Å². The molecule has 0 spiro atoms. The second-order valence-electron chi connectivity index (χ2n) is 3.92. The molecular formula is C14H10N2O3S. The van der Waals surface area contributed by atoms with Gasteiger partial charge in [-0.1, -0.05) is 30.4 Å². The molecule has 5 nitrogen and oxygen atoms in total. The van der Waals surface area contributed by atoms with E-state index in [0.717, 1.165) is 0 Å². The minimum Gasteiger partial charge on any atom is -0.507 e. The van der Waals surface area contributed by atoms with Gasteiger partial charge in [0, 0.05) is 11.1 Å². The predicted molar refractivity (Wildman–Crippen MR) is 74.8 cm³/mol. The molecule has 0 amide bonds. The second-order valence-corrected chi connectivity index (χ2v) is 4.33. The number of para-hydroxylation sites is 1. The third kappa shape index (κ3) is 2.39. The number of rotatable bonds is 2. The number of aromatic hydroxyl groups is 1. The summed E-state index contributed by atoms with van der Waals surface area (Å²) in [6, 6.07) is 9.93. The molecule has 0 aliphatic rings. The van der Waals surface area contributed by atoms with Gasteiger partial charge in [-0.2, -0.15) is 5.26 Å². The maximum absolute atomic E-state index is 11.6. The van der Waals surface area contributed by atoms with Crippen LogP contribution in [0.2, 0.25) is 0 Å². The number of nitriles is 1. The number of phenols is 1. The quantitative estimate of drug-likeness (QED) is 0.655. The van der Waals surface area contributed by atoms with Crippen LogP contribution in [0.25, 0.3) is 11.1 Å². The van der Waals surface area contributed by atoms with Crippen molar-refractivity contribution in [1.29, 1.82) is 5.26 Å². The number of hydrogen-bond donors (Lipinski definition) is 2. The number of hydrogen-bond acceptors (Lipinski definition) is 5. The summed E-state index contributed by atoms with van der Waals surface area (Å²) in [5, 5.41) is 19.1. The van der Waals surface area contributed by atoms with Crippen molar-refractivity contribution in [3.8, 4) is 22.9 Å². The zero-order valence-electron chi connectivity index (χ0n) is 10.5. The molecule has 100 valence electrons. The number of pyridine rings is 1. The van der Waals surface area contributed by atoms with Crippen LogP contribution in [0.1, 0.15) is 16.1 Å². The SMILES string of the molecule is COC(=O)c1cc(-c2ccccc2O)c(C#N)c(=S)[nH]1. The van der Waals surface area contributed by atoms with Crippen LogP contribution >= 0.6 is 12.2 Å². The average Bonchev–Trinajstić information content (AvgIpc) is 2.46. The number of esters is 1. The van der Waals surface area contributed by atoms with Crippen LogP contribution in [0.4, 0.5) is 0 Å². The molecule has 2 rings (SSSR count). The zero-order valence-corrected chi connectivity index (χ0v) is 11.3. The highest BCUT2D eigenvalue weighted by molar-refractivity contribution is 7.71. The number of methoxy groups -OCH3 is 1. The third-order valence-corrected chi connectivity index (χ3v) is 3.05. The summed E-state index contributed by atoms with van der Waals surface area (Å²) < 4.78 is 4.74.